The molecule has 0 aliphatic carbocycles. The maximum atomic E-state index is 11.8. The molecule has 0 aliphatic rings. The van der Waals surface area contributed by atoms with Crippen molar-refractivity contribution in [1.29, 1.82) is 0 Å². The zero-order valence-corrected chi connectivity index (χ0v) is 9.81. The van der Waals surface area contributed by atoms with Crippen LogP contribution in [0.4, 0.5) is 5.69 Å². The molecule has 1 heterocycles. The molecule has 0 fully saturated rings. The number of nitrogen functional groups attached to an aromatic ring is 1. The van der Waals surface area contributed by atoms with Crippen LogP contribution < -0.4 is 16.6 Å². The molecule has 6 heteroatoms. The van der Waals surface area contributed by atoms with Crippen LogP contribution in [0.25, 0.3) is 0 Å². The van der Waals surface area contributed by atoms with Crippen LogP contribution in [0.5, 0.6) is 0 Å². The lowest BCUT2D eigenvalue weighted by Crippen LogP contribution is -2.25. The van der Waals surface area contributed by atoms with Crippen LogP contribution in [0.1, 0.15) is 16.2 Å². The van der Waals surface area contributed by atoms with Crippen molar-refractivity contribution in [2.24, 2.45) is 5.84 Å². The highest BCUT2D eigenvalue weighted by Crippen LogP contribution is 2.07. The lowest BCUT2D eigenvalue weighted by molar-refractivity contribution is 0.0954. The minimum atomic E-state index is -0.106. The van der Waals surface area contributed by atoms with Crippen LogP contribution in [0.2, 0.25) is 0 Å². The van der Waals surface area contributed by atoms with Crippen molar-refractivity contribution >= 4 is 11.6 Å². The fraction of sp³-hybridized carbons (Fsp3) is 0.167. The van der Waals surface area contributed by atoms with Crippen LogP contribution >= 0.6 is 0 Å². The van der Waals surface area contributed by atoms with Gasteiger partial charge in [-0.3, -0.25) is 10.6 Å². The van der Waals surface area contributed by atoms with E-state index in [1.807, 2.05) is 0 Å². The molecule has 0 unspecified atom stereocenters. The van der Waals surface area contributed by atoms with Gasteiger partial charge in [0.25, 0.3) is 5.91 Å². The summed E-state index contributed by atoms with van der Waals surface area (Å²) in [4.78, 5) is 18.8. The molecule has 2 aromatic rings. The van der Waals surface area contributed by atoms with Crippen LogP contribution in [0.15, 0.2) is 36.7 Å². The number of carbonyl (C=O) groups is 1. The third-order valence-corrected chi connectivity index (χ3v) is 2.52. The van der Waals surface area contributed by atoms with Crippen molar-refractivity contribution in [2.75, 3.05) is 12.0 Å². The molecular weight excluding hydrogens is 230 g/mol. The third-order valence-electron chi connectivity index (χ3n) is 2.52. The van der Waals surface area contributed by atoms with Crippen molar-refractivity contribution in [3.8, 4) is 0 Å². The lowest BCUT2D eigenvalue weighted by atomic mass is 10.2. The highest BCUT2D eigenvalue weighted by molar-refractivity contribution is 5.94. The molecule has 0 saturated heterocycles. The Hall–Kier alpha value is -2.34. The van der Waals surface area contributed by atoms with Gasteiger partial charge in [0, 0.05) is 36.6 Å². The molecule has 0 bridgehead atoms. The fourth-order valence-electron chi connectivity index (χ4n) is 1.55. The number of rotatable bonds is 5. The number of imidazole rings is 1. The summed E-state index contributed by atoms with van der Waals surface area (Å²) in [7, 11) is 0. The zero-order valence-electron chi connectivity index (χ0n) is 9.81. The van der Waals surface area contributed by atoms with E-state index in [9.17, 15) is 4.79 Å². The summed E-state index contributed by atoms with van der Waals surface area (Å²) in [6.07, 6.45) is 4.13. The van der Waals surface area contributed by atoms with E-state index in [4.69, 9.17) is 5.84 Å². The minimum absolute atomic E-state index is 0.106. The van der Waals surface area contributed by atoms with E-state index in [2.05, 4.69) is 20.7 Å². The molecule has 0 saturated carbocycles. The van der Waals surface area contributed by atoms with E-state index in [0.29, 0.717) is 18.5 Å². The Balaban J connectivity index is 1.83. The van der Waals surface area contributed by atoms with Gasteiger partial charge in [0.05, 0.1) is 0 Å². The number of aromatic amines is 1. The van der Waals surface area contributed by atoms with Gasteiger partial charge in [-0.2, -0.15) is 0 Å². The summed E-state index contributed by atoms with van der Waals surface area (Å²) in [5.41, 5.74) is 3.88. The lowest BCUT2D eigenvalue weighted by Gasteiger charge is -2.05. The summed E-state index contributed by atoms with van der Waals surface area (Å²) < 4.78 is 0. The number of nitrogens with two attached hydrogens (primary N) is 1. The first kappa shape index (κ1) is 12.1. The van der Waals surface area contributed by atoms with Crippen molar-refractivity contribution < 1.29 is 4.79 Å². The minimum Gasteiger partial charge on any atom is -0.352 e. The van der Waals surface area contributed by atoms with E-state index < -0.39 is 0 Å². The number of benzene rings is 1. The van der Waals surface area contributed by atoms with Gasteiger partial charge >= 0.3 is 0 Å². The predicted molar refractivity (Wildman–Crippen MR) is 68.9 cm³/mol. The maximum absolute atomic E-state index is 11.8. The Labute approximate surface area is 105 Å². The molecule has 0 radical (unpaired) electrons. The van der Waals surface area contributed by atoms with Gasteiger partial charge in [0.2, 0.25) is 0 Å². The van der Waals surface area contributed by atoms with E-state index in [-0.39, 0.29) is 5.91 Å². The van der Waals surface area contributed by atoms with Gasteiger partial charge < -0.3 is 15.7 Å². The normalized spacial score (nSPS) is 10.1. The van der Waals surface area contributed by atoms with Gasteiger partial charge in [0.1, 0.15) is 5.82 Å². The maximum Gasteiger partial charge on any atom is 0.251 e. The average Bonchev–Trinajstić information content (AvgIpc) is 2.92. The number of nitrogens with zero attached hydrogens (tertiary/aromatic N) is 1. The first-order chi connectivity index (χ1) is 8.79. The number of hydrazine groups is 1. The molecule has 6 nitrogen and oxygen atoms in total. The van der Waals surface area contributed by atoms with Crippen LogP contribution in [0.3, 0.4) is 0 Å². The molecule has 94 valence electrons. The number of nitrogens with one attached hydrogen (secondary N) is 3. The van der Waals surface area contributed by atoms with Crippen LogP contribution in [-0.4, -0.2) is 22.4 Å². The second-order valence-corrected chi connectivity index (χ2v) is 3.76. The zero-order chi connectivity index (χ0) is 12.8. The number of carbonyl (C=O) groups excluding carboxylic acids is 1. The van der Waals surface area contributed by atoms with Gasteiger partial charge in [-0.15, -0.1) is 0 Å². The molecule has 0 spiro atoms. The molecular formula is C12H15N5O. The number of aromatic nitrogens is 2. The summed E-state index contributed by atoms with van der Waals surface area (Å²) in [6, 6.07) is 6.94. The first-order valence-electron chi connectivity index (χ1n) is 5.63. The van der Waals surface area contributed by atoms with Crippen molar-refractivity contribution in [3.05, 3.63) is 48.0 Å². The van der Waals surface area contributed by atoms with Crippen LogP contribution in [-0.2, 0) is 6.42 Å². The summed E-state index contributed by atoms with van der Waals surface area (Å²) in [6.45, 7) is 0.545. The molecule has 5 N–H and O–H groups in total. The Kier molecular flexibility index (Phi) is 3.93. The number of H-pyrrole nitrogens is 1. The van der Waals surface area contributed by atoms with Gasteiger partial charge in [-0.1, -0.05) is 0 Å². The average molecular weight is 245 g/mol. The van der Waals surface area contributed by atoms with Crippen molar-refractivity contribution in [1.82, 2.24) is 15.3 Å². The highest BCUT2D eigenvalue weighted by Gasteiger charge is 2.04. The van der Waals surface area contributed by atoms with Gasteiger partial charge in [0.15, 0.2) is 0 Å². The number of hydrogen-bond donors (Lipinski definition) is 4. The number of anilines is 1. The topological polar surface area (TPSA) is 95.8 Å². The van der Waals surface area contributed by atoms with Crippen molar-refractivity contribution in [2.45, 2.75) is 6.42 Å². The molecule has 1 aromatic carbocycles. The molecule has 0 atom stereocenters. The van der Waals surface area contributed by atoms with Crippen molar-refractivity contribution in [3.63, 3.8) is 0 Å². The standard InChI is InChI=1S/C12H15N5O/c13-17-10-3-1-9(2-4-10)12(18)16-6-5-11-14-7-8-15-11/h1-4,7-8,17H,5-6,13H2,(H,14,15)(H,16,18). The summed E-state index contributed by atoms with van der Waals surface area (Å²) in [5, 5.41) is 2.82. The molecule has 2 rings (SSSR count). The SMILES string of the molecule is NNc1ccc(C(=O)NCCc2ncc[nH]2)cc1. The first-order valence-corrected chi connectivity index (χ1v) is 5.63. The molecule has 1 aromatic heterocycles. The fourth-order valence-corrected chi connectivity index (χ4v) is 1.55. The van der Waals surface area contributed by atoms with E-state index in [0.717, 1.165) is 11.5 Å². The van der Waals surface area contributed by atoms with Crippen LogP contribution in [0, 0.1) is 0 Å². The monoisotopic (exact) mass is 245 g/mol. The third kappa shape index (κ3) is 3.08. The second kappa shape index (κ2) is 5.83. The Bertz CT molecular complexity index is 492. The summed E-state index contributed by atoms with van der Waals surface area (Å²) >= 11 is 0. The molecule has 0 aliphatic heterocycles. The van der Waals surface area contributed by atoms with E-state index in [1.165, 1.54) is 0 Å². The number of amides is 1. The van der Waals surface area contributed by atoms with Gasteiger partial charge in [-0.25, -0.2) is 4.98 Å². The largest absolute Gasteiger partial charge is 0.352 e. The highest BCUT2D eigenvalue weighted by atomic mass is 16.1. The number of hydrogen-bond acceptors (Lipinski definition) is 4. The quantitative estimate of drug-likeness (QED) is 0.460. The Morgan fingerprint density at radius 2 is 2.11 bits per heavy atom. The van der Waals surface area contributed by atoms with E-state index in [1.54, 1.807) is 36.7 Å². The molecule has 1 amide bonds. The Morgan fingerprint density at radius 1 is 1.33 bits per heavy atom. The molecule has 18 heavy (non-hydrogen) atoms. The van der Waals surface area contributed by atoms with Gasteiger partial charge in [-0.05, 0) is 24.3 Å². The smallest absolute Gasteiger partial charge is 0.251 e. The predicted octanol–water partition coefficient (Wildman–Crippen LogP) is 0.668. The second-order valence-electron chi connectivity index (χ2n) is 3.76. The van der Waals surface area contributed by atoms with E-state index >= 15 is 0 Å². The Morgan fingerprint density at radius 3 is 2.72 bits per heavy atom. The summed E-state index contributed by atoms with van der Waals surface area (Å²) in [5.74, 6) is 6.00.